The first-order valence-corrected chi connectivity index (χ1v) is 6.65. The highest BCUT2D eigenvalue weighted by atomic mass is 16.5. The molecule has 2 rings (SSSR count). The topological polar surface area (TPSA) is 21.3 Å². The molecular weight excluding hydrogens is 210 g/mol. The third kappa shape index (κ3) is 3.47. The second kappa shape index (κ2) is 5.54. The molecule has 2 nitrogen and oxygen atoms in total. The van der Waals surface area contributed by atoms with Crippen molar-refractivity contribution >= 4 is 0 Å². The lowest BCUT2D eigenvalue weighted by molar-refractivity contribution is 0.242. The standard InChI is InChI=1S/C15H23NO/c1-11(2)17-15-8-6-13(7-9-15)14-5-4-12(3)16-10-14/h6-9,11-12,14,16H,4-5,10H2,1-3H3. The molecule has 0 spiro atoms. The highest BCUT2D eigenvalue weighted by Crippen LogP contribution is 2.26. The van der Waals surface area contributed by atoms with Gasteiger partial charge in [0.05, 0.1) is 6.10 Å². The van der Waals surface area contributed by atoms with E-state index < -0.39 is 0 Å². The molecule has 0 radical (unpaired) electrons. The van der Waals surface area contributed by atoms with Crippen LogP contribution in [0.1, 0.15) is 45.1 Å². The Morgan fingerprint density at radius 2 is 1.88 bits per heavy atom. The minimum atomic E-state index is 0.248. The van der Waals surface area contributed by atoms with E-state index in [0.717, 1.165) is 12.3 Å². The Morgan fingerprint density at radius 3 is 2.41 bits per heavy atom. The minimum absolute atomic E-state index is 0.248. The summed E-state index contributed by atoms with van der Waals surface area (Å²) in [5.41, 5.74) is 1.43. The van der Waals surface area contributed by atoms with Crippen LogP contribution in [0.25, 0.3) is 0 Å². The first-order chi connectivity index (χ1) is 8.15. The summed E-state index contributed by atoms with van der Waals surface area (Å²) in [6, 6.07) is 9.27. The monoisotopic (exact) mass is 233 g/mol. The van der Waals surface area contributed by atoms with Crippen LogP contribution in [0.2, 0.25) is 0 Å². The van der Waals surface area contributed by atoms with Crippen LogP contribution in [0.15, 0.2) is 24.3 Å². The quantitative estimate of drug-likeness (QED) is 0.864. The van der Waals surface area contributed by atoms with Gasteiger partial charge < -0.3 is 10.1 Å². The van der Waals surface area contributed by atoms with Crippen molar-refractivity contribution in [3.63, 3.8) is 0 Å². The molecule has 1 fully saturated rings. The fourth-order valence-corrected chi connectivity index (χ4v) is 2.37. The van der Waals surface area contributed by atoms with E-state index in [4.69, 9.17) is 4.74 Å². The summed E-state index contributed by atoms with van der Waals surface area (Å²) < 4.78 is 5.66. The van der Waals surface area contributed by atoms with Crippen LogP contribution in [0, 0.1) is 0 Å². The zero-order valence-corrected chi connectivity index (χ0v) is 11.1. The molecule has 1 aliphatic heterocycles. The Bertz CT molecular complexity index is 336. The Kier molecular flexibility index (Phi) is 4.06. The van der Waals surface area contributed by atoms with E-state index in [9.17, 15) is 0 Å². The van der Waals surface area contributed by atoms with Crippen molar-refractivity contribution in [3.05, 3.63) is 29.8 Å². The molecule has 94 valence electrons. The average Bonchev–Trinajstić information content (AvgIpc) is 2.30. The van der Waals surface area contributed by atoms with Gasteiger partial charge in [-0.1, -0.05) is 12.1 Å². The lowest BCUT2D eigenvalue weighted by atomic mass is 9.89. The van der Waals surface area contributed by atoms with E-state index in [-0.39, 0.29) is 6.10 Å². The van der Waals surface area contributed by atoms with Gasteiger partial charge in [0, 0.05) is 12.6 Å². The zero-order chi connectivity index (χ0) is 12.3. The molecule has 17 heavy (non-hydrogen) atoms. The van der Waals surface area contributed by atoms with Crippen molar-refractivity contribution in [2.75, 3.05) is 6.54 Å². The van der Waals surface area contributed by atoms with Crippen LogP contribution in [-0.4, -0.2) is 18.7 Å². The number of rotatable bonds is 3. The molecule has 0 amide bonds. The SMILES string of the molecule is CC1CCC(c2ccc(OC(C)C)cc2)CN1. The van der Waals surface area contributed by atoms with Crippen molar-refractivity contribution in [3.8, 4) is 5.75 Å². The van der Waals surface area contributed by atoms with Gasteiger partial charge in [0.25, 0.3) is 0 Å². The van der Waals surface area contributed by atoms with Gasteiger partial charge in [-0.3, -0.25) is 0 Å². The van der Waals surface area contributed by atoms with E-state index in [1.165, 1.54) is 18.4 Å². The van der Waals surface area contributed by atoms with E-state index in [0.29, 0.717) is 12.0 Å². The van der Waals surface area contributed by atoms with Crippen molar-refractivity contribution in [2.45, 2.75) is 51.7 Å². The van der Waals surface area contributed by atoms with Crippen LogP contribution in [0.3, 0.4) is 0 Å². The van der Waals surface area contributed by atoms with Crippen LogP contribution in [-0.2, 0) is 0 Å². The number of nitrogens with one attached hydrogen (secondary N) is 1. The molecule has 0 aliphatic carbocycles. The van der Waals surface area contributed by atoms with E-state index in [1.54, 1.807) is 0 Å². The fraction of sp³-hybridized carbons (Fsp3) is 0.600. The molecular formula is C15H23NO. The summed E-state index contributed by atoms with van der Waals surface area (Å²) in [5.74, 6) is 1.64. The van der Waals surface area contributed by atoms with Crippen LogP contribution in [0.5, 0.6) is 5.75 Å². The Balaban J connectivity index is 1.97. The highest BCUT2D eigenvalue weighted by Gasteiger charge is 2.18. The van der Waals surface area contributed by atoms with Gasteiger partial charge >= 0.3 is 0 Å². The van der Waals surface area contributed by atoms with Crippen LogP contribution in [0.4, 0.5) is 0 Å². The van der Waals surface area contributed by atoms with Gasteiger partial charge in [-0.15, -0.1) is 0 Å². The molecule has 2 atom stereocenters. The third-order valence-corrected chi connectivity index (χ3v) is 3.38. The predicted molar refractivity (Wildman–Crippen MR) is 71.6 cm³/mol. The summed E-state index contributed by atoms with van der Waals surface area (Å²) in [7, 11) is 0. The smallest absolute Gasteiger partial charge is 0.119 e. The summed E-state index contributed by atoms with van der Waals surface area (Å²) in [6.45, 7) is 7.47. The Hall–Kier alpha value is -1.02. The molecule has 0 saturated carbocycles. The molecule has 1 aromatic carbocycles. The molecule has 1 aliphatic rings. The summed E-state index contributed by atoms with van der Waals surface area (Å²) in [5, 5.41) is 3.55. The number of hydrogen-bond acceptors (Lipinski definition) is 2. The van der Waals surface area contributed by atoms with Crippen LogP contribution >= 0.6 is 0 Å². The van der Waals surface area contributed by atoms with Crippen molar-refractivity contribution < 1.29 is 4.74 Å². The summed E-state index contributed by atoms with van der Waals surface area (Å²) in [4.78, 5) is 0. The minimum Gasteiger partial charge on any atom is -0.491 e. The maximum atomic E-state index is 5.66. The molecule has 2 heteroatoms. The molecule has 1 aromatic rings. The van der Waals surface area contributed by atoms with Crippen molar-refractivity contribution in [1.29, 1.82) is 0 Å². The maximum Gasteiger partial charge on any atom is 0.119 e. The van der Waals surface area contributed by atoms with Gasteiger partial charge in [0.1, 0.15) is 5.75 Å². The van der Waals surface area contributed by atoms with Crippen molar-refractivity contribution in [2.24, 2.45) is 0 Å². The molecule has 2 unspecified atom stereocenters. The molecule has 1 heterocycles. The maximum absolute atomic E-state index is 5.66. The Labute approximate surface area is 104 Å². The van der Waals surface area contributed by atoms with Gasteiger partial charge in [0.2, 0.25) is 0 Å². The fourth-order valence-electron chi connectivity index (χ4n) is 2.37. The third-order valence-electron chi connectivity index (χ3n) is 3.38. The van der Waals surface area contributed by atoms with Crippen LogP contribution < -0.4 is 10.1 Å². The molecule has 1 saturated heterocycles. The number of piperidine rings is 1. The first-order valence-electron chi connectivity index (χ1n) is 6.65. The van der Waals surface area contributed by atoms with E-state index in [2.05, 4.69) is 50.4 Å². The predicted octanol–water partition coefficient (Wildman–Crippen LogP) is 3.33. The first kappa shape index (κ1) is 12.4. The molecule has 1 N–H and O–H groups in total. The number of ether oxygens (including phenoxy) is 1. The Morgan fingerprint density at radius 1 is 1.18 bits per heavy atom. The second-order valence-electron chi connectivity index (χ2n) is 5.32. The zero-order valence-electron chi connectivity index (χ0n) is 11.1. The summed E-state index contributed by atoms with van der Waals surface area (Å²) >= 11 is 0. The number of benzene rings is 1. The second-order valence-corrected chi connectivity index (χ2v) is 5.32. The number of hydrogen-bond donors (Lipinski definition) is 1. The summed E-state index contributed by atoms with van der Waals surface area (Å²) in [6.07, 6.45) is 2.81. The lowest BCUT2D eigenvalue weighted by Crippen LogP contribution is -2.35. The van der Waals surface area contributed by atoms with Crippen molar-refractivity contribution in [1.82, 2.24) is 5.32 Å². The van der Waals surface area contributed by atoms with Gasteiger partial charge in [-0.25, -0.2) is 0 Å². The normalized spacial score (nSPS) is 24.9. The highest BCUT2D eigenvalue weighted by molar-refractivity contribution is 5.30. The molecule has 0 aromatic heterocycles. The van der Waals surface area contributed by atoms with E-state index >= 15 is 0 Å². The molecule has 0 bridgehead atoms. The average molecular weight is 233 g/mol. The lowest BCUT2D eigenvalue weighted by Gasteiger charge is -2.28. The van der Waals surface area contributed by atoms with Gasteiger partial charge in [-0.05, 0) is 57.2 Å². The van der Waals surface area contributed by atoms with E-state index in [1.807, 2.05) is 0 Å². The van der Waals surface area contributed by atoms with Gasteiger partial charge in [-0.2, -0.15) is 0 Å². The van der Waals surface area contributed by atoms with Gasteiger partial charge in [0.15, 0.2) is 0 Å². The largest absolute Gasteiger partial charge is 0.491 e.